The Kier molecular flexibility index (Phi) is 8.65. The Balaban J connectivity index is 1.90. The van der Waals surface area contributed by atoms with Crippen LogP contribution < -0.4 is 11.1 Å². The molecule has 6 nitrogen and oxygen atoms in total. The van der Waals surface area contributed by atoms with Gasteiger partial charge in [-0.15, -0.1) is 11.6 Å². The zero-order chi connectivity index (χ0) is 20.4. The molecule has 0 radical (unpaired) electrons. The van der Waals surface area contributed by atoms with Crippen molar-refractivity contribution < 1.29 is 19.1 Å². The van der Waals surface area contributed by atoms with Crippen molar-refractivity contribution in [3.63, 3.8) is 0 Å². The maximum Gasteiger partial charge on any atom is 0.308 e. The summed E-state index contributed by atoms with van der Waals surface area (Å²) in [7, 11) is 0. The molecule has 3 N–H and O–H groups in total. The molecular formula is C21H23ClN2O4. The number of carbonyl (C=O) groups excluding carboxylic acids is 3. The summed E-state index contributed by atoms with van der Waals surface area (Å²) in [6.45, 7) is 0.0862. The van der Waals surface area contributed by atoms with Crippen LogP contribution in [0.1, 0.15) is 17.5 Å². The number of hydrogen-bond donors (Lipinski definition) is 2. The van der Waals surface area contributed by atoms with Gasteiger partial charge in [0.1, 0.15) is 6.61 Å². The third-order valence-electron chi connectivity index (χ3n) is 4.09. The van der Waals surface area contributed by atoms with Gasteiger partial charge in [-0.1, -0.05) is 60.7 Å². The molecule has 0 spiro atoms. The molecule has 0 aliphatic heterocycles. The molecule has 2 rings (SSSR count). The summed E-state index contributed by atoms with van der Waals surface area (Å²) < 4.78 is 5.17. The monoisotopic (exact) mass is 402 g/mol. The van der Waals surface area contributed by atoms with Crippen LogP contribution in [0, 0.1) is 0 Å². The minimum Gasteiger partial charge on any atom is -0.461 e. The lowest BCUT2D eigenvalue weighted by Gasteiger charge is -2.19. The van der Waals surface area contributed by atoms with Crippen LogP contribution in [0.15, 0.2) is 60.7 Å². The number of rotatable bonds is 10. The zero-order valence-corrected chi connectivity index (χ0v) is 16.1. The molecule has 0 fully saturated rings. The molecule has 0 heterocycles. The van der Waals surface area contributed by atoms with Gasteiger partial charge in [-0.05, 0) is 17.5 Å². The fourth-order valence-corrected chi connectivity index (χ4v) is 2.73. The van der Waals surface area contributed by atoms with Crippen molar-refractivity contribution in [1.82, 2.24) is 5.32 Å². The summed E-state index contributed by atoms with van der Waals surface area (Å²) in [5, 5.41) is 2.52. The molecule has 0 aliphatic carbocycles. The molecule has 2 atom stereocenters. The Morgan fingerprint density at radius 1 is 0.964 bits per heavy atom. The molecule has 2 aromatic rings. The van der Waals surface area contributed by atoms with Crippen LogP contribution in [0.4, 0.5) is 0 Å². The molecule has 1 amide bonds. The quantitative estimate of drug-likeness (QED) is 0.467. The second-order valence-electron chi connectivity index (χ2n) is 6.31. The number of nitrogens with one attached hydrogen (secondary N) is 1. The molecule has 148 valence electrons. The van der Waals surface area contributed by atoms with Gasteiger partial charge in [0.2, 0.25) is 5.91 Å². The van der Waals surface area contributed by atoms with E-state index in [-0.39, 0.29) is 18.9 Å². The van der Waals surface area contributed by atoms with E-state index in [0.29, 0.717) is 6.42 Å². The summed E-state index contributed by atoms with van der Waals surface area (Å²) in [4.78, 5) is 36.5. The highest BCUT2D eigenvalue weighted by Gasteiger charge is 2.26. The van der Waals surface area contributed by atoms with Crippen molar-refractivity contribution in [2.24, 2.45) is 5.73 Å². The molecule has 0 saturated carbocycles. The van der Waals surface area contributed by atoms with Crippen molar-refractivity contribution >= 4 is 29.3 Å². The number of benzene rings is 2. The van der Waals surface area contributed by atoms with E-state index in [2.05, 4.69) is 5.32 Å². The lowest BCUT2D eigenvalue weighted by Crippen LogP contribution is -2.50. The number of esters is 1. The second-order valence-corrected chi connectivity index (χ2v) is 6.58. The van der Waals surface area contributed by atoms with Gasteiger partial charge in [-0.3, -0.25) is 14.4 Å². The maximum atomic E-state index is 12.4. The molecule has 7 heteroatoms. The summed E-state index contributed by atoms with van der Waals surface area (Å²) in [5.74, 6) is -1.93. The Labute approximate surface area is 169 Å². The topological polar surface area (TPSA) is 98.5 Å². The van der Waals surface area contributed by atoms with E-state index in [1.54, 1.807) is 0 Å². The molecule has 28 heavy (non-hydrogen) atoms. The molecule has 2 aromatic carbocycles. The molecule has 0 bridgehead atoms. The average Bonchev–Trinajstić information content (AvgIpc) is 2.72. The van der Waals surface area contributed by atoms with Crippen LogP contribution in [-0.4, -0.2) is 35.6 Å². The fourth-order valence-electron chi connectivity index (χ4n) is 2.54. The third kappa shape index (κ3) is 7.13. The summed E-state index contributed by atoms with van der Waals surface area (Å²) in [6.07, 6.45) is 0.00902. The number of ketones is 1. The number of amides is 1. The number of alkyl halides is 1. The third-order valence-corrected chi connectivity index (χ3v) is 4.35. The van der Waals surface area contributed by atoms with Crippen LogP contribution in [0.5, 0.6) is 0 Å². The minimum atomic E-state index is -1.07. The van der Waals surface area contributed by atoms with Crippen LogP contribution in [-0.2, 0) is 32.1 Å². The van der Waals surface area contributed by atoms with E-state index in [1.165, 1.54) is 0 Å². The number of Topliss-reactive ketones (excluding diaryl/α,β-unsaturated/α-hetero) is 1. The lowest BCUT2D eigenvalue weighted by molar-refractivity contribution is -0.147. The number of hydrogen-bond acceptors (Lipinski definition) is 5. The van der Waals surface area contributed by atoms with Gasteiger partial charge in [0, 0.05) is 0 Å². The molecular weight excluding hydrogens is 380 g/mol. The first-order chi connectivity index (χ1) is 13.5. The highest BCUT2D eigenvalue weighted by Crippen LogP contribution is 2.06. The van der Waals surface area contributed by atoms with Crippen molar-refractivity contribution in [3.8, 4) is 0 Å². The Bertz CT molecular complexity index is 784. The van der Waals surface area contributed by atoms with Crippen molar-refractivity contribution in [2.75, 3.05) is 5.88 Å². The van der Waals surface area contributed by atoms with Gasteiger partial charge in [0.15, 0.2) is 5.78 Å². The van der Waals surface area contributed by atoms with Gasteiger partial charge in [0.05, 0.1) is 24.4 Å². The van der Waals surface area contributed by atoms with Crippen molar-refractivity contribution in [1.29, 1.82) is 0 Å². The van der Waals surface area contributed by atoms with E-state index in [9.17, 15) is 14.4 Å². The van der Waals surface area contributed by atoms with Gasteiger partial charge in [-0.25, -0.2) is 0 Å². The van der Waals surface area contributed by atoms with E-state index >= 15 is 0 Å². The highest BCUT2D eigenvalue weighted by molar-refractivity contribution is 6.28. The molecule has 0 unspecified atom stereocenters. The molecule has 0 aliphatic rings. The van der Waals surface area contributed by atoms with Gasteiger partial charge in [-0.2, -0.15) is 0 Å². The average molecular weight is 403 g/mol. The first-order valence-electron chi connectivity index (χ1n) is 8.87. The van der Waals surface area contributed by atoms with Crippen LogP contribution in [0.3, 0.4) is 0 Å². The summed E-state index contributed by atoms with van der Waals surface area (Å²) in [5.41, 5.74) is 7.65. The number of nitrogens with two attached hydrogens (primary N) is 1. The standard InChI is InChI=1S/C21H23ClN2O4/c22-13-19(25)18(12-20(26)28-14-16-9-5-2-6-10-16)24-21(27)17(23)11-15-7-3-1-4-8-15/h1-10,17-18H,11-14,23H2,(H,24,27)/t17-,18-/m0/s1. The number of carbonyl (C=O) groups is 3. The van der Waals surface area contributed by atoms with Gasteiger partial charge >= 0.3 is 5.97 Å². The van der Waals surface area contributed by atoms with Crippen molar-refractivity contribution in [3.05, 3.63) is 71.8 Å². The Morgan fingerprint density at radius 2 is 1.54 bits per heavy atom. The van der Waals surface area contributed by atoms with Gasteiger partial charge < -0.3 is 15.8 Å². The highest BCUT2D eigenvalue weighted by atomic mass is 35.5. The predicted molar refractivity (Wildman–Crippen MR) is 107 cm³/mol. The van der Waals surface area contributed by atoms with E-state index in [1.807, 2.05) is 60.7 Å². The summed E-state index contributed by atoms with van der Waals surface area (Å²) >= 11 is 5.61. The lowest BCUT2D eigenvalue weighted by atomic mass is 10.0. The smallest absolute Gasteiger partial charge is 0.308 e. The SMILES string of the molecule is N[C@@H](Cc1ccccc1)C(=O)N[C@@H](CC(=O)OCc1ccccc1)C(=O)CCl. The maximum absolute atomic E-state index is 12.4. The summed E-state index contributed by atoms with van der Waals surface area (Å²) in [6, 6.07) is 16.5. The minimum absolute atomic E-state index is 0.0862. The second kappa shape index (κ2) is 11.2. The largest absolute Gasteiger partial charge is 0.461 e. The van der Waals surface area contributed by atoms with E-state index < -0.39 is 29.7 Å². The Morgan fingerprint density at radius 3 is 2.11 bits per heavy atom. The fraction of sp³-hybridized carbons (Fsp3) is 0.286. The first kappa shape index (κ1) is 21.6. The first-order valence-corrected chi connectivity index (χ1v) is 9.41. The van der Waals surface area contributed by atoms with E-state index in [0.717, 1.165) is 11.1 Å². The molecule has 0 aromatic heterocycles. The van der Waals surface area contributed by atoms with Gasteiger partial charge in [0.25, 0.3) is 0 Å². The zero-order valence-electron chi connectivity index (χ0n) is 15.3. The normalized spacial score (nSPS) is 12.6. The molecule has 0 saturated heterocycles. The van der Waals surface area contributed by atoms with Crippen LogP contribution in [0.25, 0.3) is 0 Å². The predicted octanol–water partition coefficient (Wildman–Crippen LogP) is 1.98. The van der Waals surface area contributed by atoms with Crippen LogP contribution >= 0.6 is 11.6 Å². The number of ether oxygens (including phenoxy) is 1. The van der Waals surface area contributed by atoms with Crippen LogP contribution in [0.2, 0.25) is 0 Å². The van der Waals surface area contributed by atoms with Crippen molar-refractivity contribution in [2.45, 2.75) is 31.5 Å². The number of halogens is 1. The van der Waals surface area contributed by atoms with E-state index in [4.69, 9.17) is 22.1 Å². The Hall–Kier alpha value is -2.70.